The van der Waals surface area contributed by atoms with Gasteiger partial charge in [0, 0.05) is 26.2 Å². The molecule has 34 heavy (non-hydrogen) atoms. The van der Waals surface area contributed by atoms with Gasteiger partial charge in [0.15, 0.2) is 26.9 Å². The number of ketones is 1. The van der Waals surface area contributed by atoms with Gasteiger partial charge in [-0.2, -0.15) is 0 Å². The molecule has 0 spiro atoms. The number of benzene rings is 2. The first-order valence-corrected chi connectivity index (χ1v) is 13.3. The van der Waals surface area contributed by atoms with Gasteiger partial charge in [0.25, 0.3) is 0 Å². The van der Waals surface area contributed by atoms with E-state index < -0.39 is 35.4 Å². The van der Waals surface area contributed by atoms with Gasteiger partial charge >= 0.3 is 7.60 Å². The zero-order valence-corrected chi connectivity index (χ0v) is 20.2. The number of rotatable bonds is 10. The van der Waals surface area contributed by atoms with Crippen molar-refractivity contribution < 1.29 is 31.2 Å². The van der Waals surface area contributed by atoms with E-state index in [1.165, 1.54) is 30.5 Å². The van der Waals surface area contributed by atoms with E-state index in [2.05, 4.69) is 9.97 Å². The third-order valence-corrected chi connectivity index (χ3v) is 9.73. The number of carbonyl (C=O) groups is 1. The van der Waals surface area contributed by atoms with Crippen LogP contribution in [-0.2, 0) is 36.5 Å². The Kier molecular flexibility index (Phi) is 7.93. The van der Waals surface area contributed by atoms with Gasteiger partial charge in [-0.1, -0.05) is 36.4 Å². The Balaban J connectivity index is 1.79. The van der Waals surface area contributed by atoms with Gasteiger partial charge < -0.3 is 14.8 Å². The second-order valence-corrected chi connectivity index (χ2v) is 12.0. The molecular weight excluding hydrogens is 484 g/mol. The second kappa shape index (κ2) is 10.5. The number of hydrogen-bond donors (Lipinski definition) is 1. The molecule has 0 aliphatic heterocycles. The van der Waals surface area contributed by atoms with Crippen molar-refractivity contribution in [3.63, 3.8) is 0 Å². The fourth-order valence-corrected chi connectivity index (χ4v) is 6.86. The Morgan fingerprint density at radius 1 is 1.03 bits per heavy atom. The molecule has 0 aliphatic carbocycles. The standard InChI is InChI=1S/C22H23FN3O6PS/c1-31-33(28,32-2)14-34(29,30)18-9-5-15(6-10-18)11-20(27)21-22(24)25-13-19(26-21)17-7-3-16(12-23)4-8-17/h3-10,13H,11-12,14H2,1-2H3,(H2,24,25). The minimum Gasteiger partial charge on any atom is -0.382 e. The molecule has 0 aliphatic rings. The van der Waals surface area contributed by atoms with Gasteiger partial charge in [0.2, 0.25) is 0 Å². The molecule has 1 heterocycles. The Morgan fingerprint density at radius 2 is 1.62 bits per heavy atom. The van der Waals surface area contributed by atoms with E-state index in [-0.39, 0.29) is 22.8 Å². The normalized spacial score (nSPS) is 12.0. The highest BCUT2D eigenvalue weighted by atomic mass is 32.2. The molecule has 3 aromatic rings. The average molecular weight is 507 g/mol. The smallest absolute Gasteiger partial charge is 0.345 e. The third kappa shape index (κ3) is 5.92. The molecule has 0 saturated carbocycles. The highest BCUT2D eigenvalue weighted by molar-refractivity contribution is 7.97. The number of nitrogens with two attached hydrogens (primary N) is 1. The number of Topliss-reactive ketones (excluding diaryl/α,β-unsaturated/α-hetero) is 1. The van der Waals surface area contributed by atoms with Crippen LogP contribution in [0.25, 0.3) is 11.3 Å². The first-order valence-electron chi connectivity index (χ1n) is 9.94. The molecule has 0 fully saturated rings. The number of nitrogen functional groups attached to an aromatic ring is 1. The maximum atomic E-state index is 12.8. The second-order valence-electron chi connectivity index (χ2n) is 7.28. The summed E-state index contributed by atoms with van der Waals surface area (Å²) in [5.41, 5.74) is 7.12. The molecule has 1 aromatic heterocycles. The predicted octanol–water partition coefficient (Wildman–Crippen LogP) is 3.84. The van der Waals surface area contributed by atoms with E-state index in [0.29, 0.717) is 22.4 Å². The summed E-state index contributed by atoms with van der Waals surface area (Å²) in [5.74, 6) is -0.450. The number of alkyl halides is 1. The molecule has 3 rings (SSSR count). The molecular formula is C22H23FN3O6PS. The first-order chi connectivity index (χ1) is 16.1. The van der Waals surface area contributed by atoms with Crippen LogP contribution in [0.5, 0.6) is 0 Å². The number of halogens is 1. The fourth-order valence-electron chi connectivity index (χ4n) is 3.05. The Hall–Kier alpha value is -2.98. The summed E-state index contributed by atoms with van der Waals surface area (Å²) >= 11 is 0. The van der Waals surface area contributed by atoms with E-state index in [0.717, 1.165) is 14.2 Å². The zero-order chi connectivity index (χ0) is 24.9. The molecule has 12 heteroatoms. The maximum absolute atomic E-state index is 12.8. The van der Waals surface area contributed by atoms with Gasteiger partial charge in [0.1, 0.15) is 12.4 Å². The van der Waals surface area contributed by atoms with Crippen LogP contribution in [0.2, 0.25) is 0 Å². The molecule has 0 unspecified atom stereocenters. The number of hydrogen-bond acceptors (Lipinski definition) is 9. The number of anilines is 1. The van der Waals surface area contributed by atoms with Gasteiger partial charge in [-0.3, -0.25) is 9.36 Å². The summed E-state index contributed by atoms with van der Waals surface area (Å²) in [6.07, 6.45) is 1.33. The van der Waals surface area contributed by atoms with Gasteiger partial charge in [-0.25, -0.2) is 22.8 Å². The van der Waals surface area contributed by atoms with Crippen LogP contribution < -0.4 is 5.73 Å². The van der Waals surface area contributed by atoms with Crippen molar-refractivity contribution in [3.05, 3.63) is 71.5 Å². The van der Waals surface area contributed by atoms with Crippen molar-refractivity contribution in [3.8, 4) is 11.3 Å². The number of carbonyl (C=O) groups excluding carboxylic acids is 1. The molecule has 0 bridgehead atoms. The van der Waals surface area contributed by atoms with Gasteiger partial charge in [-0.15, -0.1) is 0 Å². The van der Waals surface area contributed by atoms with Crippen LogP contribution >= 0.6 is 7.60 Å². The van der Waals surface area contributed by atoms with Crippen molar-refractivity contribution in [2.45, 2.75) is 18.0 Å². The molecule has 0 amide bonds. The van der Waals surface area contributed by atoms with E-state index in [1.54, 1.807) is 24.3 Å². The molecule has 180 valence electrons. The van der Waals surface area contributed by atoms with Crippen molar-refractivity contribution in [1.29, 1.82) is 0 Å². The van der Waals surface area contributed by atoms with Crippen LogP contribution in [0.3, 0.4) is 0 Å². The van der Waals surface area contributed by atoms with E-state index >= 15 is 0 Å². The fraction of sp³-hybridized carbons (Fsp3) is 0.227. The molecule has 2 aromatic carbocycles. The number of aromatic nitrogens is 2. The Morgan fingerprint density at radius 3 is 2.18 bits per heavy atom. The molecule has 0 radical (unpaired) electrons. The number of nitrogens with zero attached hydrogens (tertiary/aromatic N) is 2. The minimum atomic E-state index is -3.95. The van der Waals surface area contributed by atoms with Crippen LogP contribution in [0.15, 0.2) is 59.6 Å². The first kappa shape index (κ1) is 25.6. The molecule has 0 saturated heterocycles. The Bertz CT molecular complexity index is 1320. The van der Waals surface area contributed by atoms with Crippen molar-refractivity contribution in [2.24, 2.45) is 0 Å². The largest absolute Gasteiger partial charge is 0.382 e. The van der Waals surface area contributed by atoms with Crippen molar-refractivity contribution in [2.75, 3.05) is 25.4 Å². The van der Waals surface area contributed by atoms with Crippen molar-refractivity contribution >= 4 is 29.0 Å². The molecule has 0 atom stereocenters. The zero-order valence-electron chi connectivity index (χ0n) is 18.5. The maximum Gasteiger partial charge on any atom is 0.345 e. The SMILES string of the molecule is COP(=O)(CS(=O)(=O)c1ccc(CC(=O)c2nc(-c3ccc(CF)cc3)cnc2N)cc1)OC. The van der Waals surface area contributed by atoms with Gasteiger partial charge in [0.05, 0.1) is 16.8 Å². The summed E-state index contributed by atoms with van der Waals surface area (Å²) in [6.45, 7) is -0.588. The van der Waals surface area contributed by atoms with E-state index in [1.807, 2.05) is 0 Å². The molecule has 9 nitrogen and oxygen atoms in total. The molecule has 2 N–H and O–H groups in total. The van der Waals surface area contributed by atoms with Crippen LogP contribution in [-0.4, -0.2) is 43.9 Å². The van der Waals surface area contributed by atoms with Crippen LogP contribution in [0, 0.1) is 0 Å². The number of sulfone groups is 1. The van der Waals surface area contributed by atoms with Crippen molar-refractivity contribution in [1.82, 2.24) is 9.97 Å². The topological polar surface area (TPSA) is 139 Å². The highest BCUT2D eigenvalue weighted by Crippen LogP contribution is 2.48. The Labute approximate surface area is 196 Å². The van der Waals surface area contributed by atoms with Gasteiger partial charge in [-0.05, 0) is 23.3 Å². The summed E-state index contributed by atoms with van der Waals surface area (Å²) in [4.78, 5) is 21.1. The summed E-state index contributed by atoms with van der Waals surface area (Å²) < 4.78 is 59.4. The quantitative estimate of drug-likeness (QED) is 0.320. The summed E-state index contributed by atoms with van der Waals surface area (Å²) in [7, 11) is -5.51. The van der Waals surface area contributed by atoms with Crippen LogP contribution in [0.4, 0.5) is 10.2 Å². The lowest BCUT2D eigenvalue weighted by atomic mass is 10.1. The summed E-state index contributed by atoms with van der Waals surface area (Å²) in [6, 6.07) is 12.1. The lowest BCUT2D eigenvalue weighted by molar-refractivity contribution is 0.0989. The lowest BCUT2D eigenvalue weighted by Crippen LogP contribution is -2.12. The minimum absolute atomic E-state index is 0.0232. The monoisotopic (exact) mass is 507 g/mol. The van der Waals surface area contributed by atoms with E-state index in [4.69, 9.17) is 14.8 Å². The summed E-state index contributed by atoms with van der Waals surface area (Å²) in [5, 5.41) is 0. The average Bonchev–Trinajstić information content (AvgIpc) is 2.84. The lowest BCUT2D eigenvalue weighted by Gasteiger charge is -2.14. The third-order valence-electron chi connectivity index (χ3n) is 5.00. The van der Waals surface area contributed by atoms with E-state index in [9.17, 15) is 22.2 Å². The predicted molar refractivity (Wildman–Crippen MR) is 125 cm³/mol. The van der Waals surface area contributed by atoms with Crippen LogP contribution in [0.1, 0.15) is 21.6 Å². The highest BCUT2D eigenvalue weighted by Gasteiger charge is 2.31.